The normalized spacial score (nSPS) is 55.8. The summed E-state index contributed by atoms with van der Waals surface area (Å²) in [6.45, 7) is 8.48. The molecule has 3 aliphatic rings. The SMILES string of the molecule is CC(C)[C@@H]1C=C[C@H](O)[C@H]2[C@@H]3[C@](C)(O)[C@@H](O)C[C@H](Br)[C@@]3(C)CC[C@@]21CBr. The lowest BCUT2D eigenvalue weighted by Crippen LogP contribution is -2.70. The molecule has 2 fully saturated rings. The van der Waals surface area contributed by atoms with Crippen LogP contribution >= 0.6 is 31.9 Å². The molecule has 0 spiro atoms. The minimum Gasteiger partial charge on any atom is -0.390 e. The van der Waals surface area contributed by atoms with E-state index < -0.39 is 17.8 Å². The summed E-state index contributed by atoms with van der Waals surface area (Å²) in [4.78, 5) is 0.143. The van der Waals surface area contributed by atoms with Gasteiger partial charge in [0, 0.05) is 22.0 Å². The lowest BCUT2D eigenvalue weighted by molar-refractivity contribution is -0.235. The molecule has 2 saturated carbocycles. The summed E-state index contributed by atoms with van der Waals surface area (Å²) in [7, 11) is 0. The van der Waals surface area contributed by atoms with Crippen LogP contribution in [-0.2, 0) is 0 Å². The Hall–Kier alpha value is 0.580. The maximum atomic E-state index is 11.4. The molecule has 9 atom stereocenters. The van der Waals surface area contributed by atoms with E-state index in [0.29, 0.717) is 18.3 Å². The van der Waals surface area contributed by atoms with Gasteiger partial charge in [-0.25, -0.2) is 0 Å². The van der Waals surface area contributed by atoms with E-state index in [0.717, 1.165) is 18.2 Å². The number of hydrogen-bond acceptors (Lipinski definition) is 3. The number of halogens is 2. The van der Waals surface area contributed by atoms with E-state index in [1.807, 2.05) is 6.08 Å². The summed E-state index contributed by atoms with van der Waals surface area (Å²) in [5.74, 6) is 0.577. The van der Waals surface area contributed by atoms with Gasteiger partial charge in [0.1, 0.15) is 0 Å². The Morgan fingerprint density at radius 1 is 1.16 bits per heavy atom. The highest BCUT2D eigenvalue weighted by Gasteiger charge is 2.67. The van der Waals surface area contributed by atoms with Crippen molar-refractivity contribution in [3.05, 3.63) is 12.2 Å². The van der Waals surface area contributed by atoms with E-state index in [1.54, 1.807) is 6.92 Å². The fraction of sp³-hybridized carbons (Fsp3) is 0.900. The van der Waals surface area contributed by atoms with Crippen LogP contribution < -0.4 is 0 Å². The second-order valence-electron chi connectivity index (χ2n) is 9.47. The Bertz CT molecular complexity index is 549. The minimum atomic E-state index is -1.20. The van der Waals surface area contributed by atoms with Crippen LogP contribution in [0.15, 0.2) is 12.2 Å². The summed E-state index contributed by atoms with van der Waals surface area (Å²) < 4.78 is 0. The first-order chi connectivity index (χ1) is 11.5. The first kappa shape index (κ1) is 20.3. The van der Waals surface area contributed by atoms with E-state index in [1.165, 1.54) is 0 Å². The maximum Gasteiger partial charge on any atom is 0.0915 e. The van der Waals surface area contributed by atoms with Gasteiger partial charge in [0.15, 0.2) is 0 Å². The Kier molecular flexibility index (Phi) is 5.35. The lowest BCUT2D eigenvalue weighted by Gasteiger charge is -2.67. The molecule has 0 saturated heterocycles. The fourth-order valence-corrected chi connectivity index (χ4v) is 8.36. The quantitative estimate of drug-likeness (QED) is 0.416. The highest BCUT2D eigenvalue weighted by atomic mass is 79.9. The van der Waals surface area contributed by atoms with Crippen molar-refractivity contribution in [2.75, 3.05) is 5.33 Å². The van der Waals surface area contributed by atoms with Gasteiger partial charge < -0.3 is 15.3 Å². The van der Waals surface area contributed by atoms with E-state index in [-0.39, 0.29) is 27.5 Å². The molecule has 25 heavy (non-hydrogen) atoms. The molecule has 3 nitrogen and oxygen atoms in total. The maximum absolute atomic E-state index is 11.4. The Morgan fingerprint density at radius 3 is 2.36 bits per heavy atom. The van der Waals surface area contributed by atoms with Crippen LogP contribution in [0.1, 0.15) is 47.0 Å². The third-order valence-corrected chi connectivity index (χ3v) is 10.3. The molecular formula is C20H32Br2O3. The number of hydrogen-bond donors (Lipinski definition) is 3. The van der Waals surface area contributed by atoms with Gasteiger partial charge >= 0.3 is 0 Å². The number of rotatable bonds is 2. The third kappa shape index (κ3) is 2.74. The molecule has 0 aromatic carbocycles. The standard InChI is InChI=1S/C20H32Br2O3/c1-11(2)12-5-6-13(23)16-17-18(3,7-8-20(12,16)10-21)14(22)9-15(24)19(17,4)25/h5-6,11-17,23-25H,7-10H2,1-4H3/t12-,13-,14-,15-,16-,17-,18+,19+,20-/m0/s1. The Morgan fingerprint density at radius 2 is 1.80 bits per heavy atom. The van der Waals surface area contributed by atoms with Crippen LogP contribution in [0.3, 0.4) is 0 Å². The average Bonchev–Trinajstić information content (AvgIpc) is 2.53. The van der Waals surface area contributed by atoms with Gasteiger partial charge in [-0.2, -0.15) is 0 Å². The highest BCUT2D eigenvalue weighted by Crippen LogP contribution is 2.67. The van der Waals surface area contributed by atoms with Crippen molar-refractivity contribution < 1.29 is 15.3 Å². The summed E-state index contributed by atoms with van der Waals surface area (Å²) in [5.41, 5.74) is -1.45. The van der Waals surface area contributed by atoms with Gasteiger partial charge in [0.25, 0.3) is 0 Å². The van der Waals surface area contributed by atoms with Crippen molar-refractivity contribution in [1.29, 1.82) is 0 Å². The highest BCUT2D eigenvalue weighted by molar-refractivity contribution is 9.09. The zero-order valence-corrected chi connectivity index (χ0v) is 18.8. The third-order valence-electron chi connectivity index (χ3n) is 7.83. The van der Waals surface area contributed by atoms with E-state index in [2.05, 4.69) is 58.7 Å². The molecule has 0 aromatic heterocycles. The minimum absolute atomic E-state index is 0.0759. The van der Waals surface area contributed by atoms with Gasteiger partial charge in [0.2, 0.25) is 0 Å². The summed E-state index contributed by atoms with van der Waals surface area (Å²) >= 11 is 7.60. The van der Waals surface area contributed by atoms with E-state index >= 15 is 0 Å². The number of aliphatic hydroxyl groups excluding tert-OH is 2. The molecule has 0 heterocycles. The molecular weight excluding hydrogens is 448 g/mol. The molecule has 0 aromatic rings. The van der Waals surface area contributed by atoms with Crippen LogP contribution in [-0.4, -0.2) is 43.3 Å². The van der Waals surface area contributed by atoms with E-state index in [9.17, 15) is 15.3 Å². The van der Waals surface area contributed by atoms with Gasteiger partial charge in [-0.1, -0.05) is 64.8 Å². The van der Waals surface area contributed by atoms with Crippen LogP contribution in [0.25, 0.3) is 0 Å². The summed E-state index contributed by atoms with van der Waals surface area (Å²) in [6, 6.07) is 0. The number of alkyl halides is 2. The molecule has 0 amide bonds. The molecule has 3 aliphatic carbocycles. The number of aliphatic hydroxyl groups is 3. The second-order valence-corrected chi connectivity index (χ2v) is 11.1. The van der Waals surface area contributed by atoms with Crippen molar-refractivity contribution in [3.63, 3.8) is 0 Å². The van der Waals surface area contributed by atoms with Crippen molar-refractivity contribution >= 4 is 31.9 Å². The number of allylic oxidation sites excluding steroid dienone is 1. The van der Waals surface area contributed by atoms with Crippen molar-refractivity contribution in [2.45, 2.75) is 69.6 Å². The molecule has 3 rings (SSSR count). The monoisotopic (exact) mass is 478 g/mol. The first-order valence-corrected chi connectivity index (χ1v) is 11.5. The molecule has 144 valence electrons. The fourth-order valence-electron chi connectivity index (χ4n) is 6.46. The van der Waals surface area contributed by atoms with E-state index in [4.69, 9.17) is 0 Å². The van der Waals surface area contributed by atoms with Gasteiger partial charge in [-0.15, -0.1) is 0 Å². The molecule has 0 bridgehead atoms. The van der Waals surface area contributed by atoms with Crippen LogP contribution in [0, 0.1) is 34.5 Å². The smallest absolute Gasteiger partial charge is 0.0915 e. The first-order valence-electron chi connectivity index (χ1n) is 9.49. The number of fused-ring (bicyclic) bond motifs is 3. The molecule has 0 aliphatic heterocycles. The topological polar surface area (TPSA) is 60.7 Å². The van der Waals surface area contributed by atoms with Crippen LogP contribution in [0.2, 0.25) is 0 Å². The van der Waals surface area contributed by atoms with Crippen molar-refractivity contribution in [2.24, 2.45) is 34.5 Å². The molecule has 0 unspecified atom stereocenters. The zero-order chi connectivity index (χ0) is 18.8. The second kappa shape index (κ2) is 6.58. The largest absolute Gasteiger partial charge is 0.390 e. The van der Waals surface area contributed by atoms with Gasteiger partial charge in [-0.3, -0.25) is 0 Å². The van der Waals surface area contributed by atoms with Crippen molar-refractivity contribution in [3.8, 4) is 0 Å². The van der Waals surface area contributed by atoms with Crippen LogP contribution in [0.4, 0.5) is 0 Å². The predicted molar refractivity (Wildman–Crippen MR) is 108 cm³/mol. The van der Waals surface area contributed by atoms with Crippen LogP contribution in [0.5, 0.6) is 0 Å². The Balaban J connectivity index is 2.17. The van der Waals surface area contributed by atoms with Crippen molar-refractivity contribution in [1.82, 2.24) is 0 Å². The zero-order valence-electron chi connectivity index (χ0n) is 15.6. The Labute approximate surface area is 168 Å². The molecule has 0 radical (unpaired) electrons. The summed E-state index contributed by atoms with van der Waals surface area (Å²) in [5, 5.41) is 33.9. The van der Waals surface area contributed by atoms with Gasteiger partial charge in [0.05, 0.1) is 17.8 Å². The average molecular weight is 480 g/mol. The molecule has 3 N–H and O–H groups in total. The lowest BCUT2D eigenvalue weighted by atomic mass is 9.41. The summed E-state index contributed by atoms with van der Waals surface area (Å²) in [6.07, 6.45) is 5.31. The predicted octanol–water partition coefficient (Wildman–Crippen LogP) is 3.88. The van der Waals surface area contributed by atoms with Gasteiger partial charge in [-0.05, 0) is 48.9 Å². The molecule has 5 heteroatoms.